The number of ketones is 1. The van der Waals surface area contributed by atoms with Gasteiger partial charge in [-0.2, -0.15) is 0 Å². The first-order valence-electron chi connectivity index (χ1n) is 17.9. The highest BCUT2D eigenvalue weighted by atomic mass is 32.2. The molecule has 5 atom stereocenters. The summed E-state index contributed by atoms with van der Waals surface area (Å²) in [6.45, 7) is 13.9. The molecule has 1 aliphatic heterocycles. The Balaban J connectivity index is 1.53. The normalized spacial score (nSPS) is 26.1. The smallest absolute Gasteiger partial charge is 0.315 e. The van der Waals surface area contributed by atoms with Crippen molar-refractivity contribution >= 4 is 39.4 Å². The molecule has 5 N–H and O–H groups in total. The van der Waals surface area contributed by atoms with E-state index in [0.29, 0.717) is 32.2 Å². The number of nitrogens with two attached hydrogens (primary N) is 1. The van der Waals surface area contributed by atoms with E-state index in [1.54, 1.807) is 0 Å². The summed E-state index contributed by atoms with van der Waals surface area (Å²) in [7, 11) is -3.44. The van der Waals surface area contributed by atoms with Crippen molar-refractivity contribution in [3.05, 3.63) is 0 Å². The number of fused-ring (bicyclic) bond motifs is 1. The Morgan fingerprint density at radius 3 is 2.10 bits per heavy atom. The molecular formula is C35H59N5O7S. The molecule has 0 aromatic heterocycles. The van der Waals surface area contributed by atoms with Crippen LogP contribution in [-0.2, 0) is 29.0 Å². The first-order valence-corrected chi connectivity index (χ1v) is 19.7. The van der Waals surface area contributed by atoms with E-state index in [9.17, 15) is 32.4 Å². The Morgan fingerprint density at radius 2 is 1.58 bits per heavy atom. The summed E-state index contributed by atoms with van der Waals surface area (Å²) < 4.78 is 26.3. The number of piperidine rings is 1. The molecule has 48 heavy (non-hydrogen) atoms. The van der Waals surface area contributed by atoms with Gasteiger partial charge in [-0.1, -0.05) is 87.0 Å². The van der Waals surface area contributed by atoms with Crippen LogP contribution in [0.25, 0.3) is 0 Å². The van der Waals surface area contributed by atoms with Gasteiger partial charge in [-0.15, -0.1) is 0 Å². The van der Waals surface area contributed by atoms with Gasteiger partial charge in [0, 0.05) is 6.54 Å². The first kappa shape index (κ1) is 38.1. The van der Waals surface area contributed by atoms with Crippen molar-refractivity contribution in [1.29, 1.82) is 0 Å². The highest BCUT2D eigenvalue weighted by Crippen LogP contribution is 2.65. The van der Waals surface area contributed by atoms with Crippen LogP contribution in [0.1, 0.15) is 113 Å². The lowest BCUT2D eigenvalue weighted by molar-refractivity contribution is -0.145. The van der Waals surface area contributed by atoms with E-state index in [1.807, 2.05) is 34.6 Å². The highest BCUT2D eigenvalue weighted by Gasteiger charge is 2.70. The fourth-order valence-electron chi connectivity index (χ4n) is 8.20. The summed E-state index contributed by atoms with van der Waals surface area (Å²) in [5.41, 5.74) is 3.46. The highest BCUT2D eigenvalue weighted by molar-refractivity contribution is 7.91. The van der Waals surface area contributed by atoms with Crippen LogP contribution in [0.3, 0.4) is 0 Å². The average Bonchev–Trinajstić information content (AvgIpc) is 3.26. The maximum atomic E-state index is 14.4. The molecule has 0 spiro atoms. The van der Waals surface area contributed by atoms with Crippen molar-refractivity contribution in [3.8, 4) is 0 Å². The summed E-state index contributed by atoms with van der Waals surface area (Å²) in [5, 5.41) is 8.69. The number of likely N-dealkylation sites (tertiary alicyclic amines) is 1. The summed E-state index contributed by atoms with van der Waals surface area (Å²) in [4.78, 5) is 68.2. The van der Waals surface area contributed by atoms with Crippen LogP contribution in [0.5, 0.6) is 0 Å². The van der Waals surface area contributed by atoms with Crippen LogP contribution in [0, 0.1) is 34.5 Å². The van der Waals surface area contributed by atoms with E-state index in [1.165, 1.54) is 4.90 Å². The van der Waals surface area contributed by atoms with Gasteiger partial charge in [0.2, 0.25) is 17.6 Å². The molecule has 3 aliphatic carbocycles. The van der Waals surface area contributed by atoms with Gasteiger partial charge in [0.25, 0.3) is 5.91 Å². The van der Waals surface area contributed by atoms with Crippen LogP contribution >= 0.6 is 0 Å². The monoisotopic (exact) mass is 693 g/mol. The van der Waals surface area contributed by atoms with E-state index in [-0.39, 0.29) is 40.6 Å². The van der Waals surface area contributed by atoms with Crippen molar-refractivity contribution in [1.82, 2.24) is 20.9 Å². The standard InChI is InChI=1S/C35H59N5O7S/c1-21(2)14-17-48(46,47)20-35(15-9-8-10-16-35)39-32(45)38-28(33(3,4)5)31(44)40-19-23-25(34(23,6)7)26(40)30(43)37-24(27(41)29(36)42)18-22-12-11-13-22/h21-26,28H,8-20H2,1-7H3,(H2,36,42)(H,37,43)(H2,38,39,45)/t23-,24?,25?,26-,28+/m0/s1. The number of nitrogens with zero attached hydrogens (tertiary/aromatic N) is 1. The van der Waals surface area contributed by atoms with Crippen LogP contribution in [0.15, 0.2) is 0 Å². The second kappa shape index (κ2) is 14.3. The van der Waals surface area contributed by atoms with Crippen LogP contribution in [-0.4, -0.2) is 84.6 Å². The Labute approximate surface area is 286 Å². The topological polar surface area (TPSA) is 185 Å². The lowest BCUT2D eigenvalue weighted by Crippen LogP contribution is -2.64. The lowest BCUT2D eigenvalue weighted by Gasteiger charge is -2.40. The number of primary amides is 1. The average molecular weight is 694 g/mol. The third-order valence-corrected chi connectivity index (χ3v) is 13.4. The van der Waals surface area contributed by atoms with Crippen LogP contribution < -0.4 is 21.7 Å². The molecule has 2 unspecified atom stereocenters. The Hall–Kier alpha value is -2.70. The molecule has 13 heteroatoms. The molecule has 0 bridgehead atoms. The van der Waals surface area contributed by atoms with E-state index in [0.717, 1.165) is 38.5 Å². The van der Waals surface area contributed by atoms with Crippen molar-refractivity contribution in [2.45, 2.75) is 136 Å². The number of carbonyl (C=O) groups is 5. The largest absolute Gasteiger partial charge is 0.363 e. The molecule has 0 radical (unpaired) electrons. The molecule has 5 amide bonds. The van der Waals surface area contributed by atoms with Crippen molar-refractivity contribution in [3.63, 3.8) is 0 Å². The third-order valence-electron chi connectivity index (χ3n) is 11.5. The van der Waals surface area contributed by atoms with Crippen molar-refractivity contribution in [2.75, 3.05) is 18.1 Å². The van der Waals surface area contributed by atoms with E-state index < -0.39 is 68.5 Å². The molecule has 0 aromatic rings. The van der Waals surface area contributed by atoms with Gasteiger partial charge >= 0.3 is 6.03 Å². The Bertz CT molecular complexity index is 1360. The van der Waals surface area contributed by atoms with Gasteiger partial charge in [0.05, 0.1) is 23.1 Å². The zero-order valence-electron chi connectivity index (χ0n) is 30.0. The van der Waals surface area contributed by atoms with E-state index >= 15 is 0 Å². The van der Waals surface area contributed by atoms with Gasteiger partial charge in [0.15, 0.2) is 9.84 Å². The maximum Gasteiger partial charge on any atom is 0.315 e. The number of amides is 5. The quantitative estimate of drug-likeness (QED) is 0.202. The fourth-order valence-corrected chi connectivity index (χ4v) is 10.4. The summed E-state index contributed by atoms with van der Waals surface area (Å²) in [5.74, 6) is -2.57. The number of sulfone groups is 1. The predicted molar refractivity (Wildman–Crippen MR) is 183 cm³/mol. The fraction of sp³-hybridized carbons (Fsp3) is 0.857. The lowest BCUT2D eigenvalue weighted by atomic mass is 9.80. The SMILES string of the molecule is CC(C)CCS(=O)(=O)CC1(NC(=O)N[C@H](C(=O)N2C[C@H]3C([C@H]2C(=O)NC(CC2CCC2)C(=O)C(N)=O)C3(C)C)C(C)(C)C)CCCCC1. The summed E-state index contributed by atoms with van der Waals surface area (Å²) in [6, 6.07) is -3.57. The molecule has 3 saturated carbocycles. The van der Waals surface area contributed by atoms with Gasteiger partial charge < -0.3 is 26.6 Å². The minimum Gasteiger partial charge on any atom is -0.363 e. The second-order valence-electron chi connectivity index (χ2n) is 17.2. The maximum absolute atomic E-state index is 14.4. The molecule has 0 aromatic carbocycles. The van der Waals surface area contributed by atoms with Crippen LogP contribution in [0.4, 0.5) is 4.79 Å². The second-order valence-corrected chi connectivity index (χ2v) is 19.4. The third kappa shape index (κ3) is 8.71. The zero-order valence-corrected chi connectivity index (χ0v) is 30.8. The molecule has 272 valence electrons. The predicted octanol–water partition coefficient (Wildman–Crippen LogP) is 3.08. The minimum absolute atomic E-state index is 0.0580. The van der Waals surface area contributed by atoms with Gasteiger partial charge in [-0.25, -0.2) is 13.2 Å². The molecule has 4 aliphatic rings. The first-order chi connectivity index (χ1) is 22.2. The van der Waals surface area contributed by atoms with Crippen molar-refractivity contribution < 1.29 is 32.4 Å². The number of Topliss-reactive ketones (excluding diaryl/α,β-unsaturated/α-hetero) is 1. The molecule has 1 heterocycles. The zero-order chi connectivity index (χ0) is 35.8. The van der Waals surface area contributed by atoms with Gasteiger partial charge in [0.1, 0.15) is 12.1 Å². The van der Waals surface area contributed by atoms with E-state index in [4.69, 9.17) is 5.73 Å². The number of nitrogens with one attached hydrogen (secondary N) is 3. The Kier molecular flexibility index (Phi) is 11.3. The molecule has 1 saturated heterocycles. The van der Waals surface area contributed by atoms with Gasteiger partial charge in [-0.05, 0) is 60.2 Å². The van der Waals surface area contributed by atoms with Crippen molar-refractivity contribution in [2.24, 2.45) is 40.2 Å². The number of carbonyl (C=O) groups excluding carboxylic acids is 5. The molecule has 12 nitrogen and oxygen atoms in total. The van der Waals surface area contributed by atoms with Crippen LogP contribution in [0.2, 0.25) is 0 Å². The minimum atomic E-state index is -3.44. The number of urea groups is 1. The number of hydrogen-bond acceptors (Lipinski definition) is 7. The summed E-state index contributed by atoms with van der Waals surface area (Å²) >= 11 is 0. The van der Waals surface area contributed by atoms with Gasteiger partial charge in [-0.3, -0.25) is 19.2 Å². The number of hydrogen-bond donors (Lipinski definition) is 4. The Morgan fingerprint density at radius 1 is 0.958 bits per heavy atom. The molecule has 4 rings (SSSR count). The summed E-state index contributed by atoms with van der Waals surface area (Å²) in [6.07, 6.45) is 7.36. The van der Waals surface area contributed by atoms with E-state index in [2.05, 4.69) is 29.8 Å². The number of rotatable bonds is 14. The molecule has 4 fully saturated rings. The molecular weight excluding hydrogens is 634 g/mol.